The van der Waals surface area contributed by atoms with E-state index in [4.69, 9.17) is 14.2 Å². The summed E-state index contributed by atoms with van der Waals surface area (Å²) in [4.78, 5) is 38.7. The molecule has 8 nitrogen and oxygen atoms in total. The predicted octanol–water partition coefficient (Wildman–Crippen LogP) is 2.54. The molecule has 0 radical (unpaired) electrons. The second kappa shape index (κ2) is 8.06. The van der Waals surface area contributed by atoms with Gasteiger partial charge in [-0.15, -0.1) is 0 Å². The van der Waals surface area contributed by atoms with E-state index >= 15 is 0 Å². The Kier molecular flexibility index (Phi) is 5.31. The minimum absolute atomic E-state index is 0.107. The number of hydrogen-bond acceptors (Lipinski definition) is 6. The van der Waals surface area contributed by atoms with Crippen molar-refractivity contribution in [2.75, 3.05) is 37.1 Å². The maximum atomic E-state index is 12.8. The smallest absolute Gasteiger partial charge is 0.337 e. The lowest BCUT2D eigenvalue weighted by Gasteiger charge is -2.22. The number of fused-ring (bicyclic) bond motifs is 1. The highest BCUT2D eigenvalue weighted by molar-refractivity contribution is 6.04. The summed E-state index contributed by atoms with van der Waals surface area (Å²) < 4.78 is 15.8. The van der Waals surface area contributed by atoms with Crippen LogP contribution in [0.1, 0.15) is 22.3 Å². The molecular weight excluding hydrogens is 388 g/mol. The summed E-state index contributed by atoms with van der Waals surface area (Å²) >= 11 is 0. The second-order valence-electron chi connectivity index (χ2n) is 7.24. The lowest BCUT2D eigenvalue weighted by Crippen LogP contribution is -2.28. The number of aryl methyl sites for hydroxylation is 1. The zero-order chi connectivity index (χ0) is 21.3. The Labute approximate surface area is 173 Å². The molecule has 0 unspecified atom stereocenters. The molecule has 156 valence electrons. The summed E-state index contributed by atoms with van der Waals surface area (Å²) in [6, 6.07) is 10.3. The normalized spacial score (nSPS) is 17.6. The van der Waals surface area contributed by atoms with Gasteiger partial charge in [-0.05, 0) is 36.8 Å². The fraction of sp³-hybridized carbons (Fsp3) is 0.318. The molecule has 2 aromatic rings. The van der Waals surface area contributed by atoms with Gasteiger partial charge in [0.1, 0.15) is 13.2 Å². The zero-order valence-corrected chi connectivity index (χ0v) is 16.8. The van der Waals surface area contributed by atoms with Crippen LogP contribution in [0.4, 0.5) is 11.4 Å². The van der Waals surface area contributed by atoms with Gasteiger partial charge in [0.2, 0.25) is 11.8 Å². The topological polar surface area (TPSA) is 94.2 Å². The Bertz CT molecular complexity index is 1020. The van der Waals surface area contributed by atoms with Crippen molar-refractivity contribution in [2.24, 2.45) is 5.92 Å². The number of nitrogens with zero attached hydrogens (tertiary/aromatic N) is 1. The quantitative estimate of drug-likeness (QED) is 0.779. The molecule has 2 aliphatic rings. The fourth-order valence-corrected chi connectivity index (χ4v) is 3.57. The molecule has 1 N–H and O–H groups in total. The molecule has 0 aromatic heterocycles. The van der Waals surface area contributed by atoms with Gasteiger partial charge in [0, 0.05) is 30.4 Å². The van der Waals surface area contributed by atoms with Gasteiger partial charge in [0.25, 0.3) is 0 Å². The lowest BCUT2D eigenvalue weighted by atomic mass is 10.1. The van der Waals surface area contributed by atoms with Crippen LogP contribution < -0.4 is 19.7 Å². The molecule has 1 saturated heterocycles. The van der Waals surface area contributed by atoms with Crippen LogP contribution in [0, 0.1) is 12.8 Å². The van der Waals surface area contributed by atoms with Crippen LogP contribution in [-0.4, -0.2) is 44.7 Å². The van der Waals surface area contributed by atoms with Gasteiger partial charge in [-0.3, -0.25) is 9.59 Å². The molecule has 2 heterocycles. The van der Waals surface area contributed by atoms with Gasteiger partial charge in [-0.2, -0.15) is 0 Å². The number of ether oxygens (including phenoxy) is 3. The Balaban J connectivity index is 1.48. The Morgan fingerprint density at radius 3 is 2.63 bits per heavy atom. The van der Waals surface area contributed by atoms with Crippen LogP contribution >= 0.6 is 0 Å². The number of anilines is 2. The van der Waals surface area contributed by atoms with E-state index in [1.54, 1.807) is 41.3 Å². The van der Waals surface area contributed by atoms with Crippen molar-refractivity contribution in [1.82, 2.24) is 0 Å². The molecule has 1 atom stereocenters. The van der Waals surface area contributed by atoms with E-state index in [0.717, 1.165) is 5.56 Å². The van der Waals surface area contributed by atoms with Crippen molar-refractivity contribution in [2.45, 2.75) is 13.3 Å². The summed E-state index contributed by atoms with van der Waals surface area (Å²) in [5, 5.41) is 2.84. The summed E-state index contributed by atoms with van der Waals surface area (Å²) in [5.74, 6) is -0.153. The highest BCUT2D eigenvalue weighted by Crippen LogP contribution is 2.36. The van der Waals surface area contributed by atoms with Crippen LogP contribution in [0.2, 0.25) is 0 Å². The molecule has 4 rings (SSSR count). The third-order valence-electron chi connectivity index (χ3n) is 5.25. The van der Waals surface area contributed by atoms with E-state index in [0.29, 0.717) is 41.7 Å². The Hall–Kier alpha value is -3.55. The minimum Gasteiger partial charge on any atom is -0.486 e. The van der Waals surface area contributed by atoms with Crippen molar-refractivity contribution < 1.29 is 28.6 Å². The van der Waals surface area contributed by atoms with Crippen molar-refractivity contribution >= 4 is 29.2 Å². The standard InChI is InChI=1S/C22H22N2O6/c1-13-3-4-14(22(27)28-2)9-17(13)23-21(26)15-10-20(25)24(12-15)16-5-6-18-19(11-16)30-8-7-29-18/h3-6,9,11,15H,7-8,10,12H2,1-2H3,(H,23,26)/t15-/m0/s1. The first kappa shape index (κ1) is 19.8. The van der Waals surface area contributed by atoms with Gasteiger partial charge in [-0.1, -0.05) is 6.07 Å². The highest BCUT2D eigenvalue weighted by Gasteiger charge is 2.35. The first-order valence-electron chi connectivity index (χ1n) is 9.66. The molecular formula is C22H22N2O6. The Morgan fingerprint density at radius 1 is 1.10 bits per heavy atom. The zero-order valence-electron chi connectivity index (χ0n) is 16.8. The number of carbonyl (C=O) groups is 3. The molecule has 0 aliphatic carbocycles. The molecule has 1 fully saturated rings. The fourth-order valence-electron chi connectivity index (χ4n) is 3.57. The third-order valence-corrected chi connectivity index (χ3v) is 5.25. The molecule has 2 aliphatic heterocycles. The molecule has 8 heteroatoms. The lowest BCUT2D eigenvalue weighted by molar-refractivity contribution is -0.122. The van der Waals surface area contributed by atoms with E-state index < -0.39 is 11.9 Å². The van der Waals surface area contributed by atoms with Crippen LogP contribution in [-0.2, 0) is 14.3 Å². The SMILES string of the molecule is COC(=O)c1ccc(C)c(NC(=O)[C@H]2CC(=O)N(c3ccc4c(c3)OCCO4)C2)c1. The minimum atomic E-state index is -0.508. The number of hydrogen-bond donors (Lipinski definition) is 1. The first-order valence-corrected chi connectivity index (χ1v) is 9.66. The molecule has 2 amide bonds. The van der Waals surface area contributed by atoms with Gasteiger partial charge in [0.15, 0.2) is 11.5 Å². The van der Waals surface area contributed by atoms with Gasteiger partial charge >= 0.3 is 5.97 Å². The van der Waals surface area contributed by atoms with Crippen LogP contribution in [0.5, 0.6) is 11.5 Å². The summed E-state index contributed by atoms with van der Waals surface area (Å²) in [5.41, 5.74) is 2.35. The Morgan fingerprint density at radius 2 is 1.87 bits per heavy atom. The number of nitrogens with one attached hydrogen (secondary N) is 1. The van der Waals surface area contributed by atoms with E-state index in [1.807, 2.05) is 6.92 Å². The van der Waals surface area contributed by atoms with Crippen molar-refractivity contribution in [1.29, 1.82) is 0 Å². The number of carbonyl (C=O) groups excluding carboxylic acids is 3. The largest absolute Gasteiger partial charge is 0.486 e. The van der Waals surface area contributed by atoms with Crippen molar-refractivity contribution in [3.63, 3.8) is 0 Å². The summed E-state index contributed by atoms with van der Waals surface area (Å²) in [7, 11) is 1.30. The highest BCUT2D eigenvalue weighted by atomic mass is 16.6. The van der Waals surface area contributed by atoms with Crippen molar-refractivity contribution in [3.05, 3.63) is 47.5 Å². The van der Waals surface area contributed by atoms with E-state index in [-0.39, 0.29) is 24.8 Å². The average Bonchev–Trinajstić information content (AvgIpc) is 3.16. The van der Waals surface area contributed by atoms with Crippen molar-refractivity contribution in [3.8, 4) is 11.5 Å². The summed E-state index contributed by atoms with van der Waals surface area (Å²) in [6.45, 7) is 3.05. The second-order valence-corrected chi connectivity index (χ2v) is 7.24. The number of methoxy groups -OCH3 is 1. The predicted molar refractivity (Wildman–Crippen MR) is 109 cm³/mol. The maximum Gasteiger partial charge on any atom is 0.337 e. The number of benzene rings is 2. The van der Waals surface area contributed by atoms with Crippen LogP contribution in [0.25, 0.3) is 0 Å². The van der Waals surface area contributed by atoms with Gasteiger partial charge < -0.3 is 24.4 Å². The molecule has 0 bridgehead atoms. The third kappa shape index (κ3) is 3.80. The van der Waals surface area contributed by atoms with Crippen LogP contribution in [0.3, 0.4) is 0 Å². The van der Waals surface area contributed by atoms with Gasteiger partial charge in [0.05, 0.1) is 18.6 Å². The van der Waals surface area contributed by atoms with E-state index in [2.05, 4.69) is 5.32 Å². The van der Waals surface area contributed by atoms with Gasteiger partial charge in [-0.25, -0.2) is 4.79 Å². The van der Waals surface area contributed by atoms with E-state index in [1.165, 1.54) is 7.11 Å². The van der Waals surface area contributed by atoms with E-state index in [9.17, 15) is 14.4 Å². The molecule has 30 heavy (non-hydrogen) atoms. The first-order chi connectivity index (χ1) is 14.5. The summed E-state index contributed by atoms with van der Waals surface area (Å²) in [6.07, 6.45) is 0.107. The molecule has 2 aromatic carbocycles. The molecule has 0 spiro atoms. The van der Waals surface area contributed by atoms with Crippen LogP contribution in [0.15, 0.2) is 36.4 Å². The number of esters is 1. The maximum absolute atomic E-state index is 12.8. The monoisotopic (exact) mass is 410 g/mol. The molecule has 0 saturated carbocycles. The number of amides is 2. The average molecular weight is 410 g/mol. The number of rotatable bonds is 4.